The van der Waals surface area contributed by atoms with Gasteiger partial charge in [0, 0.05) is 13.0 Å². The van der Waals surface area contributed by atoms with E-state index in [1.165, 1.54) is 6.07 Å². The third-order valence-corrected chi connectivity index (χ3v) is 4.81. The van der Waals surface area contributed by atoms with Crippen LogP contribution in [0.5, 0.6) is 0 Å². The number of rotatable bonds is 6. The lowest BCUT2D eigenvalue weighted by Gasteiger charge is -2.30. The van der Waals surface area contributed by atoms with Crippen molar-refractivity contribution in [1.29, 1.82) is 0 Å². The number of benzene rings is 2. The van der Waals surface area contributed by atoms with Gasteiger partial charge in [-0.3, -0.25) is 10.2 Å². The normalized spacial score (nSPS) is 16.8. The fourth-order valence-electron chi connectivity index (χ4n) is 3.54. The van der Waals surface area contributed by atoms with E-state index in [0.29, 0.717) is 5.39 Å². The maximum Gasteiger partial charge on any atom is 0.409 e. The Morgan fingerprint density at radius 3 is 2.65 bits per heavy atom. The highest BCUT2D eigenvalue weighted by Gasteiger charge is 2.47. The first-order chi connectivity index (χ1) is 12.4. The van der Waals surface area contributed by atoms with Gasteiger partial charge >= 0.3 is 6.18 Å². The van der Waals surface area contributed by atoms with E-state index in [-0.39, 0.29) is 24.4 Å². The number of hydrogen-bond donors (Lipinski definition) is 1. The van der Waals surface area contributed by atoms with E-state index < -0.39 is 12.2 Å². The summed E-state index contributed by atoms with van der Waals surface area (Å²) in [4.78, 5) is 11.4. The Balaban J connectivity index is 1.98. The van der Waals surface area contributed by atoms with Crippen LogP contribution in [0.25, 0.3) is 10.8 Å². The fourth-order valence-corrected chi connectivity index (χ4v) is 3.54. The number of hydrogen-bond acceptors (Lipinski definition) is 2. The van der Waals surface area contributed by atoms with E-state index >= 15 is 0 Å². The van der Waals surface area contributed by atoms with Crippen molar-refractivity contribution in [3.8, 4) is 0 Å². The van der Waals surface area contributed by atoms with Crippen LogP contribution in [-0.2, 0) is 11.2 Å². The summed E-state index contributed by atoms with van der Waals surface area (Å²) >= 11 is 0. The molecule has 1 atom stereocenters. The number of amides is 1. The number of unbranched alkanes of at least 4 members (excludes halogenated alkanes) is 2. The molecule has 0 aromatic heterocycles. The van der Waals surface area contributed by atoms with Gasteiger partial charge in [0.1, 0.15) is 0 Å². The van der Waals surface area contributed by atoms with Gasteiger partial charge in [-0.25, -0.2) is 5.01 Å². The molecule has 1 heterocycles. The van der Waals surface area contributed by atoms with E-state index in [4.69, 9.17) is 0 Å². The second-order valence-corrected chi connectivity index (χ2v) is 6.78. The molecule has 2 aromatic rings. The number of aryl methyl sites for hydroxylation is 1. The van der Waals surface area contributed by atoms with E-state index in [2.05, 4.69) is 12.3 Å². The van der Waals surface area contributed by atoms with E-state index in [9.17, 15) is 18.0 Å². The molecule has 1 aliphatic rings. The highest BCUT2D eigenvalue weighted by atomic mass is 19.4. The van der Waals surface area contributed by atoms with Gasteiger partial charge in [0.15, 0.2) is 6.04 Å². The molecule has 140 valence electrons. The van der Waals surface area contributed by atoms with Crippen LogP contribution < -0.4 is 5.43 Å². The predicted molar refractivity (Wildman–Crippen MR) is 95.4 cm³/mol. The van der Waals surface area contributed by atoms with Gasteiger partial charge in [0.2, 0.25) is 5.91 Å². The molecule has 0 saturated carbocycles. The highest BCUT2D eigenvalue weighted by Crippen LogP contribution is 2.40. The summed E-state index contributed by atoms with van der Waals surface area (Å²) in [6.07, 6.45) is -0.119. The molecule has 0 spiro atoms. The number of carbonyl (C=O) groups is 1. The van der Waals surface area contributed by atoms with Crippen LogP contribution in [0.1, 0.15) is 49.8 Å². The maximum atomic E-state index is 13.8. The lowest BCUT2D eigenvalue weighted by molar-refractivity contribution is -0.190. The Kier molecular flexibility index (Phi) is 5.51. The second-order valence-electron chi connectivity index (χ2n) is 6.78. The molecule has 3 rings (SSSR count). The largest absolute Gasteiger partial charge is 0.409 e. The van der Waals surface area contributed by atoms with Crippen molar-refractivity contribution < 1.29 is 18.0 Å². The first-order valence-electron chi connectivity index (χ1n) is 9.04. The molecule has 26 heavy (non-hydrogen) atoms. The van der Waals surface area contributed by atoms with Crippen LogP contribution in [0.3, 0.4) is 0 Å². The maximum absolute atomic E-state index is 13.8. The third kappa shape index (κ3) is 4.01. The summed E-state index contributed by atoms with van der Waals surface area (Å²) in [7, 11) is 0. The minimum Gasteiger partial charge on any atom is -0.288 e. The molecule has 0 aliphatic carbocycles. The fraction of sp³-hybridized carbons (Fsp3) is 0.450. The number of nitrogens with zero attached hydrogens (tertiary/aromatic N) is 1. The number of halogens is 3. The molecule has 1 amide bonds. The number of fused-ring (bicyclic) bond motifs is 1. The van der Waals surface area contributed by atoms with Crippen LogP contribution in [0.4, 0.5) is 13.2 Å². The molecule has 0 unspecified atom stereocenters. The highest BCUT2D eigenvalue weighted by molar-refractivity contribution is 5.87. The average molecular weight is 364 g/mol. The minimum atomic E-state index is -4.48. The third-order valence-electron chi connectivity index (χ3n) is 4.81. The summed E-state index contributed by atoms with van der Waals surface area (Å²) in [6, 6.07) is 8.83. The Morgan fingerprint density at radius 1 is 1.19 bits per heavy atom. The lowest BCUT2D eigenvalue weighted by Crippen LogP contribution is -2.43. The molecule has 1 N–H and O–H groups in total. The Labute approximate surface area is 151 Å². The van der Waals surface area contributed by atoms with Crippen molar-refractivity contribution in [2.75, 3.05) is 6.54 Å². The van der Waals surface area contributed by atoms with Crippen molar-refractivity contribution in [2.45, 2.75) is 51.2 Å². The van der Waals surface area contributed by atoms with Crippen LogP contribution in [0.2, 0.25) is 0 Å². The molecule has 1 aliphatic heterocycles. The molecule has 1 saturated heterocycles. The van der Waals surface area contributed by atoms with Gasteiger partial charge < -0.3 is 0 Å². The predicted octanol–water partition coefficient (Wildman–Crippen LogP) is 4.91. The molecule has 6 heteroatoms. The molecule has 3 nitrogen and oxygen atoms in total. The SMILES string of the molecule is CCCCCc1ccc2c([C@H](N3CCC(=O)N3)C(F)(F)F)cccc2c1. The van der Waals surface area contributed by atoms with Crippen LogP contribution in [0, 0.1) is 0 Å². The zero-order chi connectivity index (χ0) is 18.7. The van der Waals surface area contributed by atoms with Gasteiger partial charge in [0.05, 0.1) is 0 Å². The summed E-state index contributed by atoms with van der Waals surface area (Å²) in [5.74, 6) is -0.377. The summed E-state index contributed by atoms with van der Waals surface area (Å²) in [5, 5.41) is 2.39. The van der Waals surface area contributed by atoms with Crippen molar-refractivity contribution in [1.82, 2.24) is 10.4 Å². The summed E-state index contributed by atoms with van der Waals surface area (Å²) in [5.41, 5.74) is 3.66. The quantitative estimate of drug-likeness (QED) is 0.739. The minimum absolute atomic E-state index is 0.0501. The first-order valence-corrected chi connectivity index (χ1v) is 9.04. The first kappa shape index (κ1) is 18.7. The standard InChI is InChI=1S/C20H23F3N2O/c1-2-3-4-6-14-9-10-16-15(13-14)7-5-8-17(16)19(20(21,22)23)25-12-11-18(26)24-25/h5,7-10,13,19H,2-4,6,11-12H2,1H3,(H,24,26)/t19-/m0/s1. The molecule has 0 bridgehead atoms. The summed E-state index contributed by atoms with van der Waals surface area (Å²) < 4.78 is 41.4. The molecule has 0 radical (unpaired) electrons. The van der Waals surface area contributed by atoms with Crippen LogP contribution in [-0.4, -0.2) is 23.6 Å². The Hall–Kier alpha value is -2.08. The van der Waals surface area contributed by atoms with Crippen molar-refractivity contribution in [3.63, 3.8) is 0 Å². The Morgan fingerprint density at radius 2 is 2.00 bits per heavy atom. The van der Waals surface area contributed by atoms with Crippen molar-refractivity contribution in [2.24, 2.45) is 0 Å². The zero-order valence-corrected chi connectivity index (χ0v) is 14.8. The Bertz CT molecular complexity index is 788. The van der Waals surface area contributed by atoms with Gasteiger partial charge in [-0.2, -0.15) is 13.2 Å². The number of nitrogens with one attached hydrogen (secondary N) is 1. The van der Waals surface area contributed by atoms with Crippen LogP contribution >= 0.6 is 0 Å². The van der Waals surface area contributed by atoms with E-state index in [1.54, 1.807) is 12.1 Å². The number of hydrazine groups is 1. The number of alkyl halides is 3. The molecular formula is C20H23F3N2O. The van der Waals surface area contributed by atoms with Crippen molar-refractivity contribution in [3.05, 3.63) is 47.5 Å². The van der Waals surface area contributed by atoms with Gasteiger partial charge in [0.25, 0.3) is 0 Å². The molecular weight excluding hydrogens is 341 g/mol. The zero-order valence-electron chi connectivity index (χ0n) is 14.8. The van der Waals surface area contributed by atoms with Crippen molar-refractivity contribution >= 4 is 16.7 Å². The van der Waals surface area contributed by atoms with E-state index in [0.717, 1.165) is 41.6 Å². The summed E-state index contributed by atoms with van der Waals surface area (Å²) in [6.45, 7) is 2.19. The monoisotopic (exact) mass is 364 g/mol. The average Bonchev–Trinajstić information content (AvgIpc) is 3.00. The lowest BCUT2D eigenvalue weighted by atomic mass is 9.95. The molecule has 2 aromatic carbocycles. The van der Waals surface area contributed by atoms with Gasteiger partial charge in [-0.1, -0.05) is 56.2 Å². The van der Waals surface area contributed by atoms with Gasteiger partial charge in [-0.15, -0.1) is 0 Å². The van der Waals surface area contributed by atoms with E-state index in [1.807, 2.05) is 18.2 Å². The number of carbonyl (C=O) groups excluding carboxylic acids is 1. The van der Waals surface area contributed by atoms with Crippen LogP contribution in [0.15, 0.2) is 36.4 Å². The molecule has 1 fully saturated rings. The van der Waals surface area contributed by atoms with Gasteiger partial charge in [-0.05, 0) is 34.7 Å². The topological polar surface area (TPSA) is 32.3 Å². The second kappa shape index (κ2) is 7.66. The smallest absolute Gasteiger partial charge is 0.288 e.